The van der Waals surface area contributed by atoms with Crippen LogP contribution in [0.15, 0.2) is 36.5 Å². The first-order valence-corrected chi connectivity index (χ1v) is 6.91. The zero-order valence-electron chi connectivity index (χ0n) is 11.9. The summed E-state index contributed by atoms with van der Waals surface area (Å²) in [5.74, 6) is 0.399. The van der Waals surface area contributed by atoms with Gasteiger partial charge in [-0.2, -0.15) is 13.2 Å². The number of hydrogen-bond donors (Lipinski definition) is 2. The van der Waals surface area contributed by atoms with Crippen molar-refractivity contribution in [3.8, 4) is 0 Å². The van der Waals surface area contributed by atoms with Gasteiger partial charge in [0.15, 0.2) is 0 Å². The van der Waals surface area contributed by atoms with Gasteiger partial charge in [-0.25, -0.2) is 9.97 Å². The topological polar surface area (TPSA) is 63.8 Å². The number of rotatable bonds is 6. The van der Waals surface area contributed by atoms with E-state index in [1.807, 2.05) is 0 Å². The maximum atomic E-state index is 13.0. The van der Waals surface area contributed by atoms with Gasteiger partial charge in [-0.3, -0.25) is 0 Å². The minimum absolute atomic E-state index is 0.101. The van der Waals surface area contributed by atoms with E-state index in [1.54, 1.807) is 12.1 Å². The molecule has 2 rings (SSSR count). The second-order valence-electron chi connectivity index (χ2n) is 4.77. The summed E-state index contributed by atoms with van der Waals surface area (Å²) >= 11 is 0. The Kier molecular flexibility index (Phi) is 5.32. The SMILES string of the molecule is NCCCNc1nccc(Cc2ccccc2C(F)(F)F)n1. The third-order valence-electron chi connectivity index (χ3n) is 3.07. The van der Waals surface area contributed by atoms with Gasteiger partial charge in [0.05, 0.1) is 11.3 Å². The van der Waals surface area contributed by atoms with Crippen molar-refractivity contribution in [2.24, 2.45) is 5.73 Å². The van der Waals surface area contributed by atoms with Crippen LogP contribution in [0.2, 0.25) is 0 Å². The molecule has 0 amide bonds. The highest BCUT2D eigenvalue weighted by Crippen LogP contribution is 2.32. The zero-order chi connectivity index (χ0) is 16.0. The fraction of sp³-hybridized carbons (Fsp3) is 0.333. The molecule has 3 N–H and O–H groups in total. The molecule has 1 aromatic heterocycles. The summed E-state index contributed by atoms with van der Waals surface area (Å²) in [4.78, 5) is 8.27. The van der Waals surface area contributed by atoms with Gasteiger partial charge >= 0.3 is 6.18 Å². The summed E-state index contributed by atoms with van der Waals surface area (Å²) in [6.45, 7) is 1.17. The first-order chi connectivity index (χ1) is 10.5. The van der Waals surface area contributed by atoms with Crippen LogP contribution in [0, 0.1) is 0 Å². The Bertz CT molecular complexity index is 614. The summed E-state index contributed by atoms with van der Waals surface area (Å²) in [5, 5.41) is 2.99. The van der Waals surface area contributed by atoms with Gasteiger partial charge in [-0.1, -0.05) is 18.2 Å². The van der Waals surface area contributed by atoms with E-state index < -0.39 is 11.7 Å². The van der Waals surface area contributed by atoms with Gasteiger partial charge in [-0.05, 0) is 30.7 Å². The van der Waals surface area contributed by atoms with Gasteiger partial charge in [0.2, 0.25) is 5.95 Å². The van der Waals surface area contributed by atoms with Crippen molar-refractivity contribution in [3.63, 3.8) is 0 Å². The molecule has 0 aliphatic heterocycles. The molecule has 0 saturated heterocycles. The average Bonchev–Trinajstić information content (AvgIpc) is 2.47. The van der Waals surface area contributed by atoms with E-state index in [0.717, 1.165) is 12.5 Å². The third-order valence-corrected chi connectivity index (χ3v) is 3.07. The molecule has 0 bridgehead atoms. The van der Waals surface area contributed by atoms with Crippen LogP contribution in [-0.2, 0) is 12.6 Å². The number of anilines is 1. The Hall–Kier alpha value is -2.15. The fourth-order valence-electron chi connectivity index (χ4n) is 2.03. The van der Waals surface area contributed by atoms with Crippen molar-refractivity contribution in [3.05, 3.63) is 53.3 Å². The van der Waals surface area contributed by atoms with E-state index in [9.17, 15) is 13.2 Å². The Balaban J connectivity index is 2.16. The molecule has 0 aliphatic carbocycles. The normalized spacial score (nSPS) is 11.5. The number of alkyl halides is 3. The molecule has 118 valence electrons. The van der Waals surface area contributed by atoms with Crippen LogP contribution < -0.4 is 11.1 Å². The van der Waals surface area contributed by atoms with E-state index >= 15 is 0 Å². The molecule has 0 radical (unpaired) electrons. The van der Waals surface area contributed by atoms with E-state index in [4.69, 9.17) is 5.73 Å². The Morgan fingerprint density at radius 1 is 1.14 bits per heavy atom. The van der Waals surface area contributed by atoms with Gasteiger partial charge in [0.1, 0.15) is 0 Å². The van der Waals surface area contributed by atoms with Crippen LogP contribution in [0.3, 0.4) is 0 Å². The number of hydrogen-bond acceptors (Lipinski definition) is 4. The third kappa shape index (κ3) is 4.42. The minimum atomic E-state index is -4.37. The maximum absolute atomic E-state index is 13.0. The number of nitrogens with zero attached hydrogens (tertiary/aromatic N) is 2. The monoisotopic (exact) mass is 310 g/mol. The quantitative estimate of drug-likeness (QED) is 0.805. The van der Waals surface area contributed by atoms with Gasteiger partial charge in [0.25, 0.3) is 0 Å². The smallest absolute Gasteiger partial charge is 0.354 e. The second kappa shape index (κ2) is 7.22. The van der Waals surface area contributed by atoms with Gasteiger partial charge in [0, 0.05) is 19.2 Å². The second-order valence-corrected chi connectivity index (χ2v) is 4.77. The lowest BCUT2D eigenvalue weighted by molar-refractivity contribution is -0.138. The fourth-order valence-corrected chi connectivity index (χ4v) is 2.03. The van der Waals surface area contributed by atoms with Crippen LogP contribution >= 0.6 is 0 Å². The first kappa shape index (κ1) is 16.2. The summed E-state index contributed by atoms with van der Waals surface area (Å²) < 4.78 is 38.9. The first-order valence-electron chi connectivity index (χ1n) is 6.91. The van der Waals surface area contributed by atoms with Crippen LogP contribution in [0.4, 0.5) is 19.1 Å². The lowest BCUT2D eigenvalue weighted by Gasteiger charge is -2.12. The molecule has 7 heteroatoms. The average molecular weight is 310 g/mol. The summed E-state index contributed by atoms with van der Waals surface area (Å²) in [6.07, 6.45) is -1.97. The Morgan fingerprint density at radius 2 is 1.91 bits per heavy atom. The number of benzene rings is 1. The van der Waals surface area contributed by atoms with Crippen molar-refractivity contribution in [1.82, 2.24) is 9.97 Å². The van der Waals surface area contributed by atoms with Crippen molar-refractivity contribution in [1.29, 1.82) is 0 Å². The molecular formula is C15H17F3N4. The highest BCUT2D eigenvalue weighted by molar-refractivity contribution is 5.34. The maximum Gasteiger partial charge on any atom is 0.416 e. The molecule has 22 heavy (non-hydrogen) atoms. The summed E-state index contributed by atoms with van der Waals surface area (Å²) in [7, 11) is 0. The van der Waals surface area contributed by atoms with Gasteiger partial charge in [-0.15, -0.1) is 0 Å². The standard InChI is InChI=1S/C15H17F3N4/c16-15(17,18)13-5-2-1-4-11(13)10-12-6-9-21-14(22-12)20-8-3-7-19/h1-2,4-6,9H,3,7-8,10,19H2,(H,20,21,22). The molecule has 2 aromatic rings. The molecule has 0 unspecified atom stereocenters. The summed E-state index contributed by atoms with van der Waals surface area (Å²) in [6, 6.07) is 7.13. The highest BCUT2D eigenvalue weighted by atomic mass is 19.4. The van der Waals surface area contributed by atoms with Gasteiger partial charge < -0.3 is 11.1 Å². The number of halogens is 3. The lowest BCUT2D eigenvalue weighted by Crippen LogP contribution is -2.12. The van der Waals surface area contributed by atoms with Crippen LogP contribution in [-0.4, -0.2) is 23.1 Å². The molecule has 0 saturated carbocycles. The van der Waals surface area contributed by atoms with Crippen LogP contribution in [0.25, 0.3) is 0 Å². The van der Waals surface area contributed by atoms with Crippen LogP contribution in [0.1, 0.15) is 23.2 Å². The molecule has 0 fully saturated rings. The van der Waals surface area contributed by atoms with Crippen LogP contribution in [0.5, 0.6) is 0 Å². The molecule has 1 heterocycles. The van der Waals surface area contributed by atoms with E-state index in [0.29, 0.717) is 24.7 Å². The molecule has 0 aliphatic rings. The van der Waals surface area contributed by atoms with Crippen molar-refractivity contribution in [2.75, 3.05) is 18.4 Å². The predicted octanol–water partition coefficient (Wildman–Crippen LogP) is 2.85. The van der Waals surface area contributed by atoms with E-state index in [1.165, 1.54) is 18.3 Å². The molecule has 4 nitrogen and oxygen atoms in total. The largest absolute Gasteiger partial charge is 0.416 e. The molecule has 0 spiro atoms. The molecule has 1 aromatic carbocycles. The minimum Gasteiger partial charge on any atom is -0.354 e. The van der Waals surface area contributed by atoms with E-state index in [2.05, 4.69) is 15.3 Å². The lowest BCUT2D eigenvalue weighted by atomic mass is 10.0. The number of nitrogens with two attached hydrogens (primary N) is 1. The Labute approximate surface area is 126 Å². The predicted molar refractivity (Wildman–Crippen MR) is 78.4 cm³/mol. The molecular weight excluding hydrogens is 293 g/mol. The number of nitrogens with one attached hydrogen (secondary N) is 1. The summed E-state index contributed by atoms with van der Waals surface area (Å²) in [5.41, 5.74) is 5.49. The zero-order valence-corrected chi connectivity index (χ0v) is 11.9. The van der Waals surface area contributed by atoms with Crippen molar-refractivity contribution in [2.45, 2.75) is 19.0 Å². The number of aromatic nitrogens is 2. The van der Waals surface area contributed by atoms with E-state index in [-0.39, 0.29) is 12.0 Å². The Morgan fingerprint density at radius 3 is 2.64 bits per heavy atom. The highest BCUT2D eigenvalue weighted by Gasteiger charge is 2.32. The molecule has 0 atom stereocenters. The van der Waals surface area contributed by atoms with Crippen molar-refractivity contribution < 1.29 is 13.2 Å². The van der Waals surface area contributed by atoms with Crippen molar-refractivity contribution >= 4 is 5.95 Å².